The van der Waals surface area contributed by atoms with Gasteiger partial charge in [-0.15, -0.1) is 0 Å². The Kier molecular flexibility index (Phi) is 6.15. The van der Waals surface area contributed by atoms with E-state index in [-0.39, 0.29) is 24.4 Å². The van der Waals surface area contributed by atoms with Crippen LogP contribution in [0.25, 0.3) is 0 Å². The van der Waals surface area contributed by atoms with Gasteiger partial charge < -0.3 is 9.47 Å². The van der Waals surface area contributed by atoms with Crippen molar-refractivity contribution in [2.75, 3.05) is 13.2 Å². The maximum absolute atomic E-state index is 13.5. The summed E-state index contributed by atoms with van der Waals surface area (Å²) < 4.78 is 24.2. The summed E-state index contributed by atoms with van der Waals surface area (Å²) in [5, 5.41) is 3.14. The number of aryl methyl sites for hydroxylation is 1. The van der Waals surface area contributed by atoms with Crippen molar-refractivity contribution >= 4 is 5.97 Å². The summed E-state index contributed by atoms with van der Waals surface area (Å²) in [5.74, 6) is -0.326. The summed E-state index contributed by atoms with van der Waals surface area (Å²) in [6.45, 7) is 9.38. The molecule has 1 aromatic carbocycles. The minimum absolute atomic E-state index is 0.0620. The summed E-state index contributed by atoms with van der Waals surface area (Å²) in [7, 11) is 0. The van der Waals surface area contributed by atoms with Crippen LogP contribution in [0.1, 0.15) is 33.3 Å². The molecule has 0 aromatic heterocycles. The number of benzene rings is 1. The molecule has 1 N–H and O–H groups in total. The molecule has 21 heavy (non-hydrogen) atoms. The predicted molar refractivity (Wildman–Crippen MR) is 79.9 cm³/mol. The molecule has 0 aliphatic rings. The second kappa shape index (κ2) is 7.41. The van der Waals surface area contributed by atoms with E-state index in [1.165, 1.54) is 6.07 Å². The molecule has 1 aromatic rings. The molecule has 1 unspecified atom stereocenters. The lowest BCUT2D eigenvalue weighted by molar-refractivity contribution is -0.152. The molecule has 0 aliphatic carbocycles. The third kappa shape index (κ3) is 5.01. The summed E-state index contributed by atoms with van der Waals surface area (Å²) >= 11 is 0. The van der Waals surface area contributed by atoms with E-state index in [1.807, 2.05) is 13.8 Å². The van der Waals surface area contributed by atoms with Gasteiger partial charge in [-0.3, -0.25) is 5.32 Å². The number of halogens is 1. The summed E-state index contributed by atoms with van der Waals surface area (Å²) in [4.78, 5) is 12.1. The monoisotopic (exact) mass is 297 g/mol. The molecule has 0 saturated heterocycles. The number of carbonyl (C=O) groups is 1. The van der Waals surface area contributed by atoms with Gasteiger partial charge in [0.15, 0.2) is 0 Å². The molecule has 0 saturated carbocycles. The van der Waals surface area contributed by atoms with Crippen molar-refractivity contribution in [3.63, 3.8) is 0 Å². The van der Waals surface area contributed by atoms with Crippen molar-refractivity contribution in [3.8, 4) is 5.75 Å². The van der Waals surface area contributed by atoms with E-state index in [9.17, 15) is 9.18 Å². The molecule has 5 heteroatoms. The largest absolute Gasteiger partial charge is 0.491 e. The zero-order valence-corrected chi connectivity index (χ0v) is 13.3. The van der Waals surface area contributed by atoms with Crippen molar-refractivity contribution in [1.82, 2.24) is 5.32 Å². The van der Waals surface area contributed by atoms with Crippen LogP contribution in [0.4, 0.5) is 4.39 Å². The second-order valence-electron chi connectivity index (χ2n) is 5.55. The second-order valence-corrected chi connectivity index (χ2v) is 5.55. The van der Waals surface area contributed by atoms with Gasteiger partial charge in [-0.1, -0.05) is 6.07 Å². The van der Waals surface area contributed by atoms with Crippen LogP contribution in [0.2, 0.25) is 0 Å². The summed E-state index contributed by atoms with van der Waals surface area (Å²) in [6.07, 6.45) is 0. The Morgan fingerprint density at radius 2 is 2.10 bits per heavy atom. The van der Waals surface area contributed by atoms with E-state index in [4.69, 9.17) is 9.47 Å². The van der Waals surface area contributed by atoms with Crippen LogP contribution in [0.3, 0.4) is 0 Å². The number of hydrogen-bond acceptors (Lipinski definition) is 4. The van der Waals surface area contributed by atoms with Gasteiger partial charge in [0.05, 0.1) is 6.61 Å². The first kappa shape index (κ1) is 17.4. The Bertz CT molecular complexity index is 490. The van der Waals surface area contributed by atoms with E-state index in [0.29, 0.717) is 17.9 Å². The van der Waals surface area contributed by atoms with Gasteiger partial charge in [-0.25, -0.2) is 9.18 Å². The van der Waals surface area contributed by atoms with Crippen molar-refractivity contribution < 1.29 is 18.7 Å². The molecule has 0 aliphatic heterocycles. The summed E-state index contributed by atoms with van der Waals surface area (Å²) in [6, 6.07) is 4.72. The third-order valence-corrected chi connectivity index (χ3v) is 3.00. The highest BCUT2D eigenvalue weighted by Gasteiger charge is 2.36. The Labute approximate surface area is 125 Å². The fourth-order valence-corrected chi connectivity index (χ4v) is 1.98. The first-order valence-electron chi connectivity index (χ1n) is 7.12. The van der Waals surface area contributed by atoms with Crippen LogP contribution in [0.15, 0.2) is 18.2 Å². The highest BCUT2D eigenvalue weighted by Crippen LogP contribution is 2.18. The van der Waals surface area contributed by atoms with Crippen molar-refractivity contribution in [2.45, 2.75) is 46.2 Å². The van der Waals surface area contributed by atoms with E-state index >= 15 is 0 Å². The first-order valence-corrected chi connectivity index (χ1v) is 7.12. The Morgan fingerprint density at radius 1 is 1.43 bits per heavy atom. The minimum atomic E-state index is -0.981. The standard InChI is InChI=1S/C16H24FNO3/c1-6-20-15(19)16(5,18-11(2)3)10-21-13-8-7-12(4)14(17)9-13/h7-9,11,18H,6,10H2,1-5H3. The highest BCUT2D eigenvalue weighted by atomic mass is 19.1. The molecule has 1 rings (SSSR count). The summed E-state index contributed by atoms with van der Waals surface area (Å²) in [5.41, 5.74) is -0.429. The molecule has 118 valence electrons. The van der Waals surface area contributed by atoms with Crippen LogP contribution in [0, 0.1) is 12.7 Å². The molecule has 1 atom stereocenters. The van der Waals surface area contributed by atoms with Gasteiger partial charge >= 0.3 is 5.97 Å². The van der Waals surface area contributed by atoms with Crippen LogP contribution < -0.4 is 10.1 Å². The van der Waals surface area contributed by atoms with E-state index < -0.39 is 5.54 Å². The molecule has 0 heterocycles. The smallest absolute Gasteiger partial charge is 0.329 e. The number of nitrogens with one attached hydrogen (secondary N) is 1. The molecule has 0 bridgehead atoms. The van der Waals surface area contributed by atoms with Crippen molar-refractivity contribution in [1.29, 1.82) is 0 Å². The van der Waals surface area contributed by atoms with E-state index in [2.05, 4.69) is 5.32 Å². The zero-order chi connectivity index (χ0) is 16.0. The van der Waals surface area contributed by atoms with Crippen molar-refractivity contribution in [3.05, 3.63) is 29.6 Å². The average molecular weight is 297 g/mol. The maximum Gasteiger partial charge on any atom is 0.329 e. The van der Waals surface area contributed by atoms with Crippen LogP contribution >= 0.6 is 0 Å². The lowest BCUT2D eigenvalue weighted by atomic mass is 10.0. The van der Waals surface area contributed by atoms with Gasteiger partial charge in [0.2, 0.25) is 0 Å². The number of carbonyl (C=O) groups excluding carboxylic acids is 1. The molecular formula is C16H24FNO3. The Hall–Kier alpha value is -1.62. The fourth-order valence-electron chi connectivity index (χ4n) is 1.98. The van der Waals surface area contributed by atoms with Crippen LogP contribution in [-0.4, -0.2) is 30.8 Å². The average Bonchev–Trinajstić information content (AvgIpc) is 2.39. The first-order chi connectivity index (χ1) is 9.78. The molecule has 0 spiro atoms. The lowest BCUT2D eigenvalue weighted by Crippen LogP contribution is -2.57. The van der Waals surface area contributed by atoms with Gasteiger partial charge in [0.1, 0.15) is 23.7 Å². The quantitative estimate of drug-likeness (QED) is 0.786. The van der Waals surface area contributed by atoms with Gasteiger partial charge in [-0.2, -0.15) is 0 Å². The lowest BCUT2D eigenvalue weighted by Gasteiger charge is -2.30. The SMILES string of the molecule is CCOC(=O)C(C)(COc1ccc(C)c(F)c1)NC(C)C. The molecule has 4 nitrogen and oxygen atoms in total. The van der Waals surface area contributed by atoms with Gasteiger partial charge in [0.25, 0.3) is 0 Å². The number of esters is 1. The zero-order valence-electron chi connectivity index (χ0n) is 13.3. The molecular weight excluding hydrogens is 273 g/mol. The maximum atomic E-state index is 13.5. The third-order valence-electron chi connectivity index (χ3n) is 3.00. The molecule has 0 radical (unpaired) electrons. The van der Waals surface area contributed by atoms with E-state index in [0.717, 1.165) is 0 Å². The molecule has 0 amide bonds. The number of ether oxygens (including phenoxy) is 2. The Balaban J connectivity index is 2.81. The minimum Gasteiger partial charge on any atom is -0.491 e. The topological polar surface area (TPSA) is 47.6 Å². The Morgan fingerprint density at radius 3 is 2.62 bits per heavy atom. The normalized spacial score (nSPS) is 13.9. The van der Waals surface area contributed by atoms with Gasteiger partial charge in [-0.05, 0) is 46.2 Å². The fraction of sp³-hybridized carbons (Fsp3) is 0.562. The number of hydrogen-bond donors (Lipinski definition) is 1. The predicted octanol–water partition coefficient (Wildman–Crippen LogP) is 2.83. The highest BCUT2D eigenvalue weighted by molar-refractivity contribution is 5.80. The number of rotatable bonds is 7. The van der Waals surface area contributed by atoms with Crippen molar-refractivity contribution in [2.24, 2.45) is 0 Å². The van der Waals surface area contributed by atoms with Crippen LogP contribution in [0.5, 0.6) is 5.75 Å². The van der Waals surface area contributed by atoms with Gasteiger partial charge in [0, 0.05) is 12.1 Å². The van der Waals surface area contributed by atoms with E-state index in [1.54, 1.807) is 32.9 Å². The molecule has 0 fully saturated rings. The van der Waals surface area contributed by atoms with Crippen LogP contribution in [-0.2, 0) is 9.53 Å².